The van der Waals surface area contributed by atoms with Gasteiger partial charge in [0.15, 0.2) is 0 Å². The summed E-state index contributed by atoms with van der Waals surface area (Å²) >= 11 is 0. The van der Waals surface area contributed by atoms with Crippen molar-refractivity contribution >= 4 is 10.9 Å². The SMILES string of the molecule is CCC(CC)(C(O)Cc1ccnc2ccccc12)N(C)C. The number of benzene rings is 1. The van der Waals surface area contributed by atoms with E-state index in [4.69, 9.17) is 0 Å². The van der Waals surface area contributed by atoms with Gasteiger partial charge >= 0.3 is 0 Å². The van der Waals surface area contributed by atoms with Crippen LogP contribution in [0.2, 0.25) is 0 Å². The average Bonchev–Trinajstić information content (AvgIpc) is 2.49. The van der Waals surface area contributed by atoms with Crippen molar-refractivity contribution in [3.05, 3.63) is 42.1 Å². The van der Waals surface area contributed by atoms with E-state index in [0.717, 1.165) is 23.7 Å². The second-order valence-electron chi connectivity index (χ2n) is 5.91. The van der Waals surface area contributed by atoms with Crippen LogP contribution in [0, 0.1) is 0 Å². The second-order valence-corrected chi connectivity index (χ2v) is 5.91. The van der Waals surface area contributed by atoms with Crippen LogP contribution in [0.15, 0.2) is 36.5 Å². The molecule has 0 bridgehead atoms. The molecule has 2 rings (SSSR count). The maximum atomic E-state index is 10.9. The second kappa shape index (κ2) is 6.54. The molecule has 1 atom stereocenters. The van der Waals surface area contributed by atoms with Gasteiger partial charge in [0, 0.05) is 23.5 Å². The highest BCUT2D eigenvalue weighted by atomic mass is 16.3. The van der Waals surface area contributed by atoms with E-state index in [9.17, 15) is 5.11 Å². The smallest absolute Gasteiger partial charge is 0.0763 e. The van der Waals surface area contributed by atoms with E-state index in [0.29, 0.717) is 6.42 Å². The van der Waals surface area contributed by atoms with Crippen molar-refractivity contribution in [2.75, 3.05) is 14.1 Å². The van der Waals surface area contributed by atoms with Crippen LogP contribution in [-0.4, -0.2) is 40.7 Å². The van der Waals surface area contributed by atoms with E-state index in [1.165, 1.54) is 5.56 Å². The van der Waals surface area contributed by atoms with Gasteiger partial charge in [-0.1, -0.05) is 32.0 Å². The Morgan fingerprint density at radius 1 is 1.14 bits per heavy atom. The van der Waals surface area contributed by atoms with Crippen molar-refractivity contribution in [3.8, 4) is 0 Å². The molecule has 0 amide bonds. The first-order valence-electron chi connectivity index (χ1n) is 7.73. The lowest BCUT2D eigenvalue weighted by Crippen LogP contribution is -2.53. The number of para-hydroxylation sites is 1. The topological polar surface area (TPSA) is 36.4 Å². The average molecular weight is 286 g/mol. The molecule has 0 saturated heterocycles. The number of pyridine rings is 1. The fourth-order valence-electron chi connectivity index (χ4n) is 3.38. The predicted molar refractivity (Wildman–Crippen MR) is 88.5 cm³/mol. The first-order chi connectivity index (χ1) is 10.0. The molecule has 0 radical (unpaired) electrons. The molecule has 0 fully saturated rings. The van der Waals surface area contributed by atoms with Gasteiger partial charge in [-0.25, -0.2) is 0 Å². The molecule has 1 N–H and O–H groups in total. The number of rotatable bonds is 6. The van der Waals surface area contributed by atoms with Gasteiger partial charge in [-0.15, -0.1) is 0 Å². The van der Waals surface area contributed by atoms with Gasteiger partial charge in [0.05, 0.1) is 11.6 Å². The summed E-state index contributed by atoms with van der Waals surface area (Å²) in [5.41, 5.74) is 1.98. The van der Waals surface area contributed by atoms with E-state index >= 15 is 0 Å². The van der Waals surface area contributed by atoms with Crippen LogP contribution < -0.4 is 0 Å². The zero-order valence-corrected chi connectivity index (χ0v) is 13.5. The Morgan fingerprint density at radius 2 is 1.81 bits per heavy atom. The van der Waals surface area contributed by atoms with Gasteiger partial charge in [0.1, 0.15) is 0 Å². The highest BCUT2D eigenvalue weighted by molar-refractivity contribution is 5.81. The van der Waals surface area contributed by atoms with Crippen LogP contribution in [0.5, 0.6) is 0 Å². The van der Waals surface area contributed by atoms with E-state index in [2.05, 4.69) is 43.9 Å². The predicted octanol–water partition coefficient (Wildman–Crippen LogP) is 3.26. The third-order valence-electron chi connectivity index (χ3n) is 4.89. The lowest BCUT2D eigenvalue weighted by atomic mass is 9.82. The van der Waals surface area contributed by atoms with Crippen LogP contribution in [0.3, 0.4) is 0 Å². The van der Waals surface area contributed by atoms with E-state index < -0.39 is 6.10 Å². The molecule has 1 unspecified atom stereocenters. The normalized spacial score (nSPS) is 13.8. The molecule has 114 valence electrons. The summed E-state index contributed by atoms with van der Waals surface area (Å²) in [5.74, 6) is 0. The number of likely N-dealkylation sites (N-methyl/N-ethyl adjacent to an activating group) is 1. The Labute approximate surface area is 127 Å². The van der Waals surface area contributed by atoms with Crippen molar-refractivity contribution in [1.29, 1.82) is 0 Å². The Kier molecular flexibility index (Phi) is 4.96. The number of aromatic nitrogens is 1. The molecular weight excluding hydrogens is 260 g/mol. The summed E-state index contributed by atoms with van der Waals surface area (Å²) in [4.78, 5) is 6.56. The highest BCUT2D eigenvalue weighted by Crippen LogP contribution is 2.29. The minimum absolute atomic E-state index is 0.176. The Balaban J connectivity index is 2.35. The minimum Gasteiger partial charge on any atom is -0.391 e. The molecule has 1 aromatic carbocycles. The fourth-order valence-corrected chi connectivity index (χ4v) is 3.38. The Hall–Kier alpha value is -1.45. The Morgan fingerprint density at radius 3 is 2.43 bits per heavy atom. The zero-order valence-electron chi connectivity index (χ0n) is 13.5. The largest absolute Gasteiger partial charge is 0.391 e. The summed E-state index contributed by atoms with van der Waals surface area (Å²) < 4.78 is 0. The van der Waals surface area contributed by atoms with Crippen LogP contribution in [0.25, 0.3) is 10.9 Å². The molecule has 0 aliphatic carbocycles. The summed E-state index contributed by atoms with van der Waals surface area (Å²) in [6.07, 6.45) is 3.96. The third kappa shape index (κ3) is 2.94. The number of nitrogens with zero attached hydrogens (tertiary/aromatic N) is 2. The molecule has 0 aliphatic rings. The minimum atomic E-state index is -0.395. The van der Waals surface area contributed by atoms with Gasteiger partial charge in [-0.2, -0.15) is 0 Å². The highest BCUT2D eigenvalue weighted by Gasteiger charge is 2.36. The van der Waals surface area contributed by atoms with Crippen molar-refractivity contribution < 1.29 is 5.11 Å². The summed E-state index contributed by atoms with van der Waals surface area (Å²) in [7, 11) is 4.11. The molecule has 3 heteroatoms. The lowest BCUT2D eigenvalue weighted by molar-refractivity contribution is -0.0124. The van der Waals surface area contributed by atoms with Crippen LogP contribution >= 0.6 is 0 Å². The molecule has 0 spiro atoms. The van der Waals surface area contributed by atoms with Crippen LogP contribution in [-0.2, 0) is 6.42 Å². The quantitative estimate of drug-likeness (QED) is 0.885. The van der Waals surface area contributed by atoms with E-state index in [1.54, 1.807) is 0 Å². The standard InChI is InChI=1S/C18H26N2O/c1-5-18(6-2,20(3)4)17(21)13-14-11-12-19-16-10-8-7-9-15(14)16/h7-12,17,21H,5-6,13H2,1-4H3. The third-order valence-corrected chi connectivity index (χ3v) is 4.89. The molecular formula is C18H26N2O. The zero-order chi connectivity index (χ0) is 15.5. The number of hydrogen-bond acceptors (Lipinski definition) is 3. The summed E-state index contributed by atoms with van der Waals surface area (Å²) in [6, 6.07) is 10.2. The number of hydrogen-bond donors (Lipinski definition) is 1. The van der Waals surface area contributed by atoms with Gasteiger partial charge in [-0.05, 0) is 44.6 Å². The van der Waals surface area contributed by atoms with E-state index in [1.807, 2.05) is 30.5 Å². The van der Waals surface area contributed by atoms with Crippen molar-refractivity contribution in [1.82, 2.24) is 9.88 Å². The summed E-state index contributed by atoms with van der Waals surface area (Å²) in [6.45, 7) is 4.30. The molecule has 1 aromatic heterocycles. The summed E-state index contributed by atoms with van der Waals surface area (Å²) in [5, 5.41) is 12.0. The van der Waals surface area contributed by atoms with Gasteiger partial charge in [-0.3, -0.25) is 4.98 Å². The van der Waals surface area contributed by atoms with E-state index in [-0.39, 0.29) is 5.54 Å². The van der Waals surface area contributed by atoms with Crippen molar-refractivity contribution in [2.24, 2.45) is 0 Å². The molecule has 0 saturated carbocycles. The number of fused-ring (bicyclic) bond motifs is 1. The molecule has 0 aliphatic heterocycles. The lowest BCUT2D eigenvalue weighted by Gasteiger charge is -2.42. The van der Waals surface area contributed by atoms with Crippen LogP contribution in [0.1, 0.15) is 32.3 Å². The van der Waals surface area contributed by atoms with Crippen molar-refractivity contribution in [2.45, 2.75) is 44.8 Å². The molecule has 2 aromatic rings. The number of aliphatic hydroxyl groups is 1. The maximum absolute atomic E-state index is 10.9. The van der Waals surface area contributed by atoms with Gasteiger partial charge in [0.2, 0.25) is 0 Å². The molecule has 3 nitrogen and oxygen atoms in total. The van der Waals surface area contributed by atoms with Crippen LogP contribution in [0.4, 0.5) is 0 Å². The first-order valence-corrected chi connectivity index (χ1v) is 7.73. The molecule has 21 heavy (non-hydrogen) atoms. The van der Waals surface area contributed by atoms with Gasteiger partial charge < -0.3 is 10.0 Å². The van der Waals surface area contributed by atoms with Crippen molar-refractivity contribution in [3.63, 3.8) is 0 Å². The maximum Gasteiger partial charge on any atom is 0.0763 e. The van der Waals surface area contributed by atoms with Gasteiger partial charge in [0.25, 0.3) is 0 Å². The Bertz CT molecular complexity index is 585. The monoisotopic (exact) mass is 286 g/mol. The number of aliphatic hydroxyl groups excluding tert-OH is 1. The fraction of sp³-hybridized carbons (Fsp3) is 0.500. The molecule has 1 heterocycles. The first kappa shape index (κ1) is 15.9.